The van der Waals surface area contributed by atoms with Crippen molar-refractivity contribution in [3.05, 3.63) is 18.2 Å². The number of hydrogen-bond donors (Lipinski definition) is 0. The van der Waals surface area contributed by atoms with Crippen LogP contribution in [0, 0.1) is 6.92 Å². The molecule has 1 fully saturated rings. The first-order valence-corrected chi connectivity index (χ1v) is 6.49. The largest absolute Gasteiger partial charge is 0.267 e. The first kappa shape index (κ1) is 10.4. The summed E-state index contributed by atoms with van der Waals surface area (Å²) >= 11 is 0. The molecule has 0 N–H and O–H groups in total. The van der Waals surface area contributed by atoms with Gasteiger partial charge >= 0.3 is 0 Å². The van der Waals surface area contributed by atoms with Gasteiger partial charge in [0.25, 0.3) is 0 Å². The molecule has 82 valence electrons. The Hall–Kier alpha value is -1.17. The molecule has 0 amide bonds. The van der Waals surface area contributed by atoms with Crippen LogP contribution in [-0.2, 0) is 10.0 Å². The van der Waals surface area contributed by atoms with Crippen molar-refractivity contribution < 1.29 is 8.42 Å². The van der Waals surface area contributed by atoms with E-state index in [1.165, 1.54) is 4.31 Å². The zero-order chi connectivity index (χ0) is 10.9. The van der Waals surface area contributed by atoms with Crippen LogP contribution in [0.4, 0.5) is 5.69 Å². The van der Waals surface area contributed by atoms with Gasteiger partial charge in [0, 0.05) is 6.54 Å². The molecule has 0 atom stereocenters. The second kappa shape index (κ2) is 3.77. The lowest BCUT2D eigenvalue weighted by Crippen LogP contribution is -2.38. The van der Waals surface area contributed by atoms with Gasteiger partial charge in [0.2, 0.25) is 10.0 Å². The van der Waals surface area contributed by atoms with Crippen LogP contribution < -0.4 is 4.31 Å². The standard InChI is InChI=1S/C9H13N3O2S/c1-8-10-6-9(7-11-8)12-4-2-3-5-15(12,13)14/h6-7H,2-5H2,1H3. The molecule has 15 heavy (non-hydrogen) atoms. The topological polar surface area (TPSA) is 63.2 Å². The Labute approximate surface area is 89.2 Å². The fourth-order valence-corrected chi connectivity index (χ4v) is 3.21. The van der Waals surface area contributed by atoms with Crippen molar-refractivity contribution in [1.29, 1.82) is 0 Å². The van der Waals surface area contributed by atoms with Gasteiger partial charge in [-0.25, -0.2) is 18.4 Å². The summed E-state index contributed by atoms with van der Waals surface area (Å²) in [5, 5.41) is 0. The minimum atomic E-state index is -3.14. The Balaban J connectivity index is 2.33. The number of hydrogen-bond acceptors (Lipinski definition) is 4. The van der Waals surface area contributed by atoms with E-state index in [9.17, 15) is 8.42 Å². The molecular formula is C9H13N3O2S. The maximum Gasteiger partial charge on any atom is 0.235 e. The fourth-order valence-electron chi connectivity index (χ4n) is 1.59. The summed E-state index contributed by atoms with van der Waals surface area (Å²) in [4.78, 5) is 8.01. The predicted octanol–water partition coefficient (Wildman–Crippen LogP) is 0.715. The number of sulfonamides is 1. The molecule has 2 rings (SSSR count). The zero-order valence-corrected chi connectivity index (χ0v) is 9.37. The number of aryl methyl sites for hydroxylation is 1. The normalized spacial score (nSPS) is 20.2. The molecule has 1 aliphatic rings. The van der Waals surface area contributed by atoms with E-state index in [2.05, 4.69) is 9.97 Å². The third kappa shape index (κ3) is 2.09. The van der Waals surface area contributed by atoms with E-state index in [0.29, 0.717) is 18.1 Å². The van der Waals surface area contributed by atoms with Crippen molar-refractivity contribution in [3.8, 4) is 0 Å². The van der Waals surface area contributed by atoms with Crippen molar-refractivity contribution in [2.75, 3.05) is 16.6 Å². The van der Waals surface area contributed by atoms with Crippen LogP contribution in [0.1, 0.15) is 18.7 Å². The SMILES string of the molecule is Cc1ncc(N2CCCCS2(=O)=O)cn1. The van der Waals surface area contributed by atoms with Crippen LogP contribution >= 0.6 is 0 Å². The van der Waals surface area contributed by atoms with Gasteiger partial charge < -0.3 is 0 Å². The minimum absolute atomic E-state index is 0.223. The van der Waals surface area contributed by atoms with Gasteiger partial charge in [-0.05, 0) is 19.8 Å². The maximum atomic E-state index is 11.7. The maximum absolute atomic E-state index is 11.7. The molecule has 0 saturated carbocycles. The molecule has 0 radical (unpaired) electrons. The van der Waals surface area contributed by atoms with Crippen molar-refractivity contribution in [1.82, 2.24) is 9.97 Å². The lowest BCUT2D eigenvalue weighted by Gasteiger charge is -2.27. The molecule has 1 aromatic heterocycles. The van der Waals surface area contributed by atoms with Crippen LogP contribution in [0.15, 0.2) is 12.4 Å². The van der Waals surface area contributed by atoms with Gasteiger partial charge in [-0.1, -0.05) is 0 Å². The van der Waals surface area contributed by atoms with E-state index in [1.54, 1.807) is 19.3 Å². The van der Waals surface area contributed by atoms with E-state index in [0.717, 1.165) is 12.8 Å². The Morgan fingerprint density at radius 2 is 1.93 bits per heavy atom. The van der Waals surface area contributed by atoms with Gasteiger partial charge in [-0.2, -0.15) is 0 Å². The van der Waals surface area contributed by atoms with Crippen LogP contribution in [0.25, 0.3) is 0 Å². The number of nitrogens with zero attached hydrogens (tertiary/aromatic N) is 3. The molecule has 2 heterocycles. The second-order valence-corrected chi connectivity index (χ2v) is 5.60. The van der Waals surface area contributed by atoms with Crippen LogP contribution in [0.3, 0.4) is 0 Å². The molecule has 0 aromatic carbocycles. The van der Waals surface area contributed by atoms with Gasteiger partial charge in [0.05, 0.1) is 23.8 Å². The molecule has 0 unspecified atom stereocenters. The summed E-state index contributed by atoms with van der Waals surface area (Å²) in [6.45, 7) is 2.31. The third-order valence-electron chi connectivity index (χ3n) is 2.40. The highest BCUT2D eigenvalue weighted by molar-refractivity contribution is 7.92. The Bertz CT molecular complexity index is 441. The van der Waals surface area contributed by atoms with E-state index >= 15 is 0 Å². The van der Waals surface area contributed by atoms with Crippen LogP contribution in [0.5, 0.6) is 0 Å². The lowest BCUT2D eigenvalue weighted by molar-refractivity contribution is 0.574. The summed E-state index contributed by atoms with van der Waals surface area (Å²) in [6.07, 6.45) is 4.76. The zero-order valence-electron chi connectivity index (χ0n) is 8.55. The highest BCUT2D eigenvalue weighted by Crippen LogP contribution is 2.21. The number of anilines is 1. The molecule has 1 aromatic rings. The average Bonchev–Trinajstić information content (AvgIpc) is 2.19. The summed E-state index contributed by atoms with van der Waals surface area (Å²) in [5.74, 6) is 0.870. The van der Waals surface area contributed by atoms with Crippen molar-refractivity contribution in [3.63, 3.8) is 0 Å². The number of aromatic nitrogens is 2. The van der Waals surface area contributed by atoms with E-state index in [1.807, 2.05) is 0 Å². The van der Waals surface area contributed by atoms with Gasteiger partial charge in [0.1, 0.15) is 5.82 Å². The first-order valence-electron chi connectivity index (χ1n) is 4.89. The van der Waals surface area contributed by atoms with Gasteiger partial charge in [0.15, 0.2) is 0 Å². The Morgan fingerprint density at radius 1 is 1.27 bits per heavy atom. The molecule has 1 saturated heterocycles. The molecule has 0 bridgehead atoms. The van der Waals surface area contributed by atoms with E-state index < -0.39 is 10.0 Å². The van der Waals surface area contributed by atoms with Crippen molar-refractivity contribution in [2.24, 2.45) is 0 Å². The minimum Gasteiger partial charge on any atom is -0.267 e. The van der Waals surface area contributed by atoms with E-state index in [4.69, 9.17) is 0 Å². The number of rotatable bonds is 1. The third-order valence-corrected chi connectivity index (χ3v) is 4.27. The summed E-state index contributed by atoms with van der Waals surface area (Å²) in [5.41, 5.74) is 0.570. The van der Waals surface area contributed by atoms with Crippen LogP contribution in [0.2, 0.25) is 0 Å². The molecule has 5 nitrogen and oxygen atoms in total. The highest BCUT2D eigenvalue weighted by Gasteiger charge is 2.26. The average molecular weight is 227 g/mol. The van der Waals surface area contributed by atoms with Crippen molar-refractivity contribution >= 4 is 15.7 Å². The monoisotopic (exact) mass is 227 g/mol. The summed E-state index contributed by atoms with van der Waals surface area (Å²) < 4.78 is 24.9. The molecule has 0 spiro atoms. The van der Waals surface area contributed by atoms with Gasteiger partial charge in [-0.15, -0.1) is 0 Å². The van der Waals surface area contributed by atoms with Crippen LogP contribution in [-0.4, -0.2) is 30.7 Å². The molecule has 0 aliphatic carbocycles. The smallest absolute Gasteiger partial charge is 0.235 e. The summed E-state index contributed by atoms with van der Waals surface area (Å²) in [7, 11) is -3.14. The highest BCUT2D eigenvalue weighted by atomic mass is 32.2. The predicted molar refractivity (Wildman–Crippen MR) is 57.1 cm³/mol. The van der Waals surface area contributed by atoms with E-state index in [-0.39, 0.29) is 5.75 Å². The lowest BCUT2D eigenvalue weighted by atomic mass is 10.3. The summed E-state index contributed by atoms with van der Waals surface area (Å²) in [6, 6.07) is 0. The first-order chi connectivity index (χ1) is 7.09. The quantitative estimate of drug-likeness (QED) is 0.709. The Morgan fingerprint density at radius 3 is 2.53 bits per heavy atom. The Kier molecular flexibility index (Phi) is 2.60. The fraction of sp³-hybridized carbons (Fsp3) is 0.556. The van der Waals surface area contributed by atoms with Gasteiger partial charge in [-0.3, -0.25) is 4.31 Å². The second-order valence-electron chi connectivity index (χ2n) is 3.58. The molecule has 1 aliphatic heterocycles. The van der Waals surface area contributed by atoms with Crippen molar-refractivity contribution in [2.45, 2.75) is 19.8 Å². The molecule has 6 heteroatoms. The molecular weight excluding hydrogens is 214 g/mol.